The third-order valence-corrected chi connectivity index (χ3v) is 1.99. The van der Waals surface area contributed by atoms with Crippen LogP contribution in [-0.4, -0.2) is 30.3 Å². The smallest absolute Gasteiger partial charge is 0.324 e. The lowest BCUT2D eigenvalue weighted by molar-refractivity contribution is -0.140. The number of nitrogens with one attached hydrogen (secondary N) is 1. The lowest BCUT2D eigenvalue weighted by Crippen LogP contribution is -2.41. The van der Waals surface area contributed by atoms with Crippen molar-refractivity contribution in [3.63, 3.8) is 0 Å². The van der Waals surface area contributed by atoms with Gasteiger partial charge in [0.05, 0.1) is 0 Å². The first-order valence-electron chi connectivity index (χ1n) is 4.98. The third kappa shape index (κ3) is 3.51. The molecule has 0 aliphatic carbocycles. The van der Waals surface area contributed by atoms with Crippen molar-refractivity contribution in [1.29, 1.82) is 0 Å². The van der Waals surface area contributed by atoms with Crippen molar-refractivity contribution in [2.45, 2.75) is 13.0 Å². The Labute approximate surface area is 93.0 Å². The molecule has 1 rings (SSSR count). The Bertz CT molecular complexity index is 357. The summed E-state index contributed by atoms with van der Waals surface area (Å²) in [4.78, 5) is 10.8. The second kappa shape index (κ2) is 6.07. The molecule has 5 heteroatoms. The van der Waals surface area contributed by atoms with E-state index in [0.717, 1.165) is 0 Å². The van der Waals surface area contributed by atoms with Gasteiger partial charge in [0.1, 0.15) is 12.6 Å². The quantitative estimate of drug-likeness (QED) is 0.768. The SMILES string of the molecule is CCN[C@@H](COc1ccccc1F)C(=O)O. The van der Waals surface area contributed by atoms with Crippen LogP contribution in [0.2, 0.25) is 0 Å². The Morgan fingerprint density at radius 3 is 2.81 bits per heavy atom. The number of carbonyl (C=O) groups is 1. The highest BCUT2D eigenvalue weighted by Gasteiger charge is 2.17. The monoisotopic (exact) mass is 227 g/mol. The second-order valence-corrected chi connectivity index (χ2v) is 3.19. The maximum absolute atomic E-state index is 13.1. The van der Waals surface area contributed by atoms with Crippen LogP contribution in [0.4, 0.5) is 4.39 Å². The van der Waals surface area contributed by atoms with Crippen molar-refractivity contribution in [2.24, 2.45) is 0 Å². The molecule has 0 aliphatic rings. The van der Waals surface area contributed by atoms with Gasteiger partial charge in [0.15, 0.2) is 11.6 Å². The van der Waals surface area contributed by atoms with Crippen molar-refractivity contribution in [3.05, 3.63) is 30.1 Å². The van der Waals surface area contributed by atoms with Gasteiger partial charge in [-0.1, -0.05) is 19.1 Å². The standard InChI is InChI=1S/C11H14FNO3/c1-2-13-9(11(14)15)7-16-10-6-4-3-5-8(10)12/h3-6,9,13H,2,7H2,1H3,(H,14,15)/t9-/m0/s1. The van der Waals surface area contributed by atoms with E-state index in [9.17, 15) is 9.18 Å². The molecule has 88 valence electrons. The minimum Gasteiger partial charge on any atom is -0.488 e. The maximum Gasteiger partial charge on any atom is 0.324 e. The molecule has 4 nitrogen and oxygen atoms in total. The van der Waals surface area contributed by atoms with Crippen LogP contribution in [0.15, 0.2) is 24.3 Å². The van der Waals surface area contributed by atoms with Crippen LogP contribution in [0.1, 0.15) is 6.92 Å². The molecule has 0 amide bonds. The van der Waals surface area contributed by atoms with E-state index >= 15 is 0 Å². The maximum atomic E-state index is 13.1. The molecule has 0 spiro atoms. The van der Waals surface area contributed by atoms with E-state index in [1.807, 2.05) is 0 Å². The molecule has 16 heavy (non-hydrogen) atoms. The number of carboxylic acids is 1. The van der Waals surface area contributed by atoms with Crippen molar-refractivity contribution in [3.8, 4) is 5.75 Å². The number of hydrogen-bond donors (Lipinski definition) is 2. The molecule has 0 aliphatic heterocycles. The summed E-state index contributed by atoms with van der Waals surface area (Å²) in [5, 5.41) is 11.5. The average Bonchev–Trinajstić information content (AvgIpc) is 2.26. The fraction of sp³-hybridized carbons (Fsp3) is 0.364. The zero-order valence-electron chi connectivity index (χ0n) is 8.94. The molecule has 0 radical (unpaired) electrons. The number of benzene rings is 1. The lowest BCUT2D eigenvalue weighted by atomic mass is 10.3. The van der Waals surface area contributed by atoms with Crippen LogP contribution in [0, 0.1) is 5.82 Å². The zero-order valence-corrected chi connectivity index (χ0v) is 8.94. The average molecular weight is 227 g/mol. The van der Waals surface area contributed by atoms with E-state index in [1.54, 1.807) is 19.1 Å². The van der Waals surface area contributed by atoms with Crippen molar-refractivity contribution in [1.82, 2.24) is 5.32 Å². The minimum atomic E-state index is -1.02. The summed E-state index contributed by atoms with van der Waals surface area (Å²) in [6.45, 7) is 2.20. The molecule has 0 heterocycles. The number of aliphatic carboxylic acids is 1. The van der Waals surface area contributed by atoms with Gasteiger partial charge in [0, 0.05) is 0 Å². The zero-order chi connectivity index (χ0) is 12.0. The van der Waals surface area contributed by atoms with Crippen LogP contribution in [0.3, 0.4) is 0 Å². The van der Waals surface area contributed by atoms with Crippen LogP contribution in [0.25, 0.3) is 0 Å². The fourth-order valence-corrected chi connectivity index (χ4v) is 1.20. The first kappa shape index (κ1) is 12.4. The molecule has 0 aromatic heterocycles. The van der Waals surface area contributed by atoms with Gasteiger partial charge in [0.25, 0.3) is 0 Å². The van der Waals surface area contributed by atoms with Gasteiger partial charge in [0.2, 0.25) is 0 Å². The predicted molar refractivity (Wildman–Crippen MR) is 57.0 cm³/mol. The molecule has 0 saturated carbocycles. The third-order valence-electron chi connectivity index (χ3n) is 1.99. The summed E-state index contributed by atoms with van der Waals surface area (Å²) >= 11 is 0. The van der Waals surface area contributed by atoms with E-state index in [-0.39, 0.29) is 12.4 Å². The number of ether oxygens (including phenoxy) is 1. The molecular weight excluding hydrogens is 213 g/mol. The highest BCUT2D eigenvalue weighted by molar-refractivity contribution is 5.73. The molecule has 1 atom stereocenters. The van der Waals surface area contributed by atoms with Crippen molar-refractivity contribution in [2.75, 3.05) is 13.2 Å². The Morgan fingerprint density at radius 1 is 1.56 bits per heavy atom. The van der Waals surface area contributed by atoms with Crippen LogP contribution in [0.5, 0.6) is 5.75 Å². The van der Waals surface area contributed by atoms with Crippen LogP contribution < -0.4 is 10.1 Å². The fourth-order valence-electron chi connectivity index (χ4n) is 1.20. The van der Waals surface area contributed by atoms with Crippen molar-refractivity contribution >= 4 is 5.97 Å². The minimum absolute atomic E-state index is 0.0617. The van der Waals surface area contributed by atoms with Gasteiger partial charge >= 0.3 is 5.97 Å². The molecule has 0 bridgehead atoms. The number of rotatable bonds is 6. The predicted octanol–water partition coefficient (Wildman–Crippen LogP) is 1.27. The molecule has 2 N–H and O–H groups in total. The Morgan fingerprint density at radius 2 is 2.25 bits per heavy atom. The van der Waals surface area contributed by atoms with E-state index in [0.29, 0.717) is 6.54 Å². The van der Waals surface area contributed by atoms with Crippen LogP contribution in [-0.2, 0) is 4.79 Å². The summed E-state index contributed by atoms with van der Waals surface area (Å²) in [6.07, 6.45) is 0. The topological polar surface area (TPSA) is 58.6 Å². The highest BCUT2D eigenvalue weighted by Crippen LogP contribution is 2.15. The van der Waals surface area contributed by atoms with Crippen molar-refractivity contribution < 1.29 is 19.0 Å². The summed E-state index contributed by atoms with van der Waals surface area (Å²) < 4.78 is 18.2. The molecule has 1 aromatic carbocycles. The van der Waals surface area contributed by atoms with Gasteiger partial charge < -0.3 is 15.2 Å². The number of halogens is 1. The first-order valence-corrected chi connectivity index (χ1v) is 4.98. The molecule has 1 aromatic rings. The summed E-state index contributed by atoms with van der Waals surface area (Å²) in [6, 6.07) is 5.06. The highest BCUT2D eigenvalue weighted by atomic mass is 19.1. The van der Waals surface area contributed by atoms with Gasteiger partial charge in [-0.15, -0.1) is 0 Å². The second-order valence-electron chi connectivity index (χ2n) is 3.19. The number of carboxylic acid groups (broad SMARTS) is 1. The lowest BCUT2D eigenvalue weighted by Gasteiger charge is -2.14. The van der Waals surface area contributed by atoms with Crippen LogP contribution >= 0.6 is 0 Å². The number of hydrogen-bond acceptors (Lipinski definition) is 3. The molecule has 0 fully saturated rings. The molecule has 0 unspecified atom stereocenters. The first-order chi connectivity index (χ1) is 7.65. The summed E-state index contributed by atoms with van der Waals surface area (Å²) in [7, 11) is 0. The molecule has 0 saturated heterocycles. The Kier molecular flexibility index (Phi) is 4.72. The molecular formula is C11H14FNO3. The van der Waals surface area contributed by atoms with E-state index in [1.165, 1.54) is 12.1 Å². The Balaban J connectivity index is 2.55. The summed E-state index contributed by atoms with van der Waals surface area (Å²) in [5.41, 5.74) is 0. The number of para-hydroxylation sites is 1. The van der Waals surface area contributed by atoms with Gasteiger partial charge in [-0.3, -0.25) is 4.79 Å². The van der Waals surface area contributed by atoms with Gasteiger partial charge in [-0.05, 0) is 18.7 Å². The number of likely N-dealkylation sites (N-methyl/N-ethyl adjacent to an activating group) is 1. The normalized spacial score (nSPS) is 12.1. The van der Waals surface area contributed by atoms with E-state index in [4.69, 9.17) is 9.84 Å². The van der Waals surface area contributed by atoms with E-state index < -0.39 is 17.8 Å². The summed E-state index contributed by atoms with van der Waals surface area (Å²) in [5.74, 6) is -1.45. The van der Waals surface area contributed by atoms with Gasteiger partial charge in [-0.2, -0.15) is 0 Å². The van der Waals surface area contributed by atoms with E-state index in [2.05, 4.69) is 5.32 Å². The largest absolute Gasteiger partial charge is 0.488 e. The Hall–Kier alpha value is -1.62. The van der Waals surface area contributed by atoms with Gasteiger partial charge in [-0.25, -0.2) is 4.39 Å².